The van der Waals surface area contributed by atoms with E-state index in [9.17, 15) is 23.6 Å². The van der Waals surface area contributed by atoms with E-state index in [1.165, 1.54) is 16.4 Å². The predicted octanol–water partition coefficient (Wildman–Crippen LogP) is 0.824. The van der Waals surface area contributed by atoms with E-state index in [1.54, 1.807) is 0 Å². The molecule has 1 N–H and O–H groups in total. The van der Waals surface area contributed by atoms with Gasteiger partial charge in [-0.25, -0.2) is 8.42 Å². The number of ether oxygens (including phenoxy) is 1. The number of rotatable bonds is 5. The number of morpholine rings is 1. The number of anilines is 1. The molecule has 2 fully saturated rings. The Morgan fingerprint density at radius 1 is 1.27 bits per heavy atom. The van der Waals surface area contributed by atoms with Gasteiger partial charge in [0.15, 0.2) is 0 Å². The van der Waals surface area contributed by atoms with Crippen LogP contribution in [0, 0.1) is 16.0 Å². The third kappa shape index (κ3) is 3.83. The number of hydrogen-bond acceptors (Lipinski definition) is 7. The van der Waals surface area contributed by atoms with Crippen LogP contribution in [0.5, 0.6) is 0 Å². The van der Waals surface area contributed by atoms with E-state index < -0.39 is 14.9 Å². The molecular formula is C16H23N3O6S. The predicted molar refractivity (Wildman–Crippen MR) is 94.7 cm³/mol. The van der Waals surface area contributed by atoms with E-state index in [1.807, 2.05) is 4.90 Å². The zero-order valence-corrected chi connectivity index (χ0v) is 15.2. The van der Waals surface area contributed by atoms with E-state index in [2.05, 4.69) is 0 Å². The second kappa shape index (κ2) is 7.87. The minimum absolute atomic E-state index is 0.0355. The molecule has 0 amide bonds. The van der Waals surface area contributed by atoms with Crippen LogP contribution in [0.15, 0.2) is 23.1 Å². The van der Waals surface area contributed by atoms with Crippen molar-refractivity contribution in [3.05, 3.63) is 28.3 Å². The maximum atomic E-state index is 12.7. The first-order valence-electron chi connectivity index (χ1n) is 8.65. The van der Waals surface area contributed by atoms with Crippen molar-refractivity contribution in [3.8, 4) is 0 Å². The number of aliphatic hydroxyl groups is 1. The van der Waals surface area contributed by atoms with Gasteiger partial charge in [-0.15, -0.1) is 0 Å². The van der Waals surface area contributed by atoms with Crippen LogP contribution in [0.25, 0.3) is 0 Å². The van der Waals surface area contributed by atoms with Crippen molar-refractivity contribution in [2.75, 3.05) is 50.9 Å². The van der Waals surface area contributed by atoms with Crippen LogP contribution >= 0.6 is 0 Å². The lowest BCUT2D eigenvalue weighted by Gasteiger charge is -2.33. The number of nitro benzene ring substituents is 1. The highest BCUT2D eigenvalue weighted by Crippen LogP contribution is 2.34. The zero-order chi connectivity index (χ0) is 18.7. The third-order valence-electron chi connectivity index (χ3n) is 4.87. The zero-order valence-electron chi connectivity index (χ0n) is 14.4. The average molecular weight is 385 g/mol. The van der Waals surface area contributed by atoms with Gasteiger partial charge in [0, 0.05) is 38.9 Å². The maximum Gasteiger partial charge on any atom is 0.293 e. The van der Waals surface area contributed by atoms with Gasteiger partial charge in [-0.2, -0.15) is 4.31 Å². The number of aliphatic hydroxyl groups excluding tert-OH is 1. The van der Waals surface area contributed by atoms with Gasteiger partial charge < -0.3 is 14.7 Å². The van der Waals surface area contributed by atoms with Crippen molar-refractivity contribution in [3.63, 3.8) is 0 Å². The van der Waals surface area contributed by atoms with Crippen LogP contribution in [0.1, 0.15) is 12.8 Å². The Bertz CT molecular complexity index is 763. The van der Waals surface area contributed by atoms with Gasteiger partial charge in [-0.05, 0) is 30.9 Å². The number of sulfonamides is 1. The molecule has 0 radical (unpaired) electrons. The molecule has 26 heavy (non-hydrogen) atoms. The lowest BCUT2D eigenvalue weighted by molar-refractivity contribution is -0.384. The Morgan fingerprint density at radius 3 is 2.65 bits per heavy atom. The monoisotopic (exact) mass is 385 g/mol. The fourth-order valence-corrected chi connectivity index (χ4v) is 4.87. The normalized spacial score (nSPS) is 22.3. The van der Waals surface area contributed by atoms with Crippen LogP contribution in [-0.2, 0) is 14.8 Å². The molecule has 0 bridgehead atoms. The summed E-state index contributed by atoms with van der Waals surface area (Å²) in [7, 11) is -3.79. The van der Waals surface area contributed by atoms with Gasteiger partial charge in [0.05, 0.1) is 23.0 Å². The fourth-order valence-electron chi connectivity index (χ4n) is 3.45. The summed E-state index contributed by atoms with van der Waals surface area (Å²) in [6.45, 7) is 2.31. The Kier molecular flexibility index (Phi) is 5.76. The summed E-state index contributed by atoms with van der Waals surface area (Å²) in [6, 6.07) is 4.07. The Labute approximate surface area is 152 Å². The van der Waals surface area contributed by atoms with Gasteiger partial charge in [0.1, 0.15) is 5.69 Å². The fraction of sp³-hybridized carbons (Fsp3) is 0.625. The van der Waals surface area contributed by atoms with Crippen LogP contribution in [0.2, 0.25) is 0 Å². The Hall–Kier alpha value is -1.75. The van der Waals surface area contributed by atoms with Gasteiger partial charge in [0.2, 0.25) is 10.0 Å². The van der Waals surface area contributed by atoms with Crippen molar-refractivity contribution in [2.24, 2.45) is 5.92 Å². The highest BCUT2D eigenvalue weighted by Gasteiger charge is 2.31. The highest BCUT2D eigenvalue weighted by molar-refractivity contribution is 7.89. The lowest BCUT2D eigenvalue weighted by Crippen LogP contribution is -2.40. The van der Waals surface area contributed by atoms with Crippen LogP contribution in [0.3, 0.4) is 0 Å². The minimum Gasteiger partial charge on any atom is -0.396 e. The van der Waals surface area contributed by atoms with E-state index >= 15 is 0 Å². The smallest absolute Gasteiger partial charge is 0.293 e. The molecule has 2 aliphatic rings. The first-order chi connectivity index (χ1) is 12.4. The summed E-state index contributed by atoms with van der Waals surface area (Å²) in [6.07, 6.45) is 1.71. The molecule has 1 atom stereocenters. The molecule has 10 heteroatoms. The van der Waals surface area contributed by atoms with E-state index in [0.29, 0.717) is 32.0 Å². The molecule has 0 aromatic heterocycles. The van der Waals surface area contributed by atoms with E-state index in [0.717, 1.165) is 18.9 Å². The third-order valence-corrected chi connectivity index (χ3v) is 6.76. The van der Waals surface area contributed by atoms with Crippen LogP contribution in [0.4, 0.5) is 11.4 Å². The average Bonchev–Trinajstić information content (AvgIpc) is 2.68. The maximum absolute atomic E-state index is 12.7. The molecule has 0 unspecified atom stereocenters. The molecule has 3 rings (SSSR count). The van der Waals surface area contributed by atoms with E-state index in [4.69, 9.17) is 4.74 Å². The number of nitro groups is 1. The largest absolute Gasteiger partial charge is 0.396 e. The molecule has 0 saturated carbocycles. The number of benzene rings is 1. The SMILES string of the molecule is O=[N+]([O-])c1cc(S(=O)(=O)N2CCOCC2)ccc1N1CCC[C@@H](CO)C1. The van der Waals surface area contributed by atoms with Crippen molar-refractivity contribution in [2.45, 2.75) is 17.7 Å². The van der Waals surface area contributed by atoms with Gasteiger partial charge in [-0.3, -0.25) is 10.1 Å². The molecule has 144 valence electrons. The molecule has 9 nitrogen and oxygen atoms in total. The Balaban J connectivity index is 1.93. The van der Waals surface area contributed by atoms with Gasteiger partial charge in [-0.1, -0.05) is 0 Å². The van der Waals surface area contributed by atoms with Gasteiger partial charge >= 0.3 is 0 Å². The molecule has 1 aromatic rings. The second-order valence-corrected chi connectivity index (χ2v) is 8.50. The number of hydrogen-bond donors (Lipinski definition) is 1. The number of piperidine rings is 1. The summed E-state index contributed by atoms with van der Waals surface area (Å²) in [5, 5.41) is 20.9. The first kappa shape index (κ1) is 19.0. The summed E-state index contributed by atoms with van der Waals surface area (Å²) < 4.78 is 32.0. The topological polar surface area (TPSA) is 113 Å². The number of nitrogens with zero attached hydrogens (tertiary/aromatic N) is 3. The molecule has 0 aliphatic carbocycles. The summed E-state index contributed by atoms with van der Waals surface area (Å²) >= 11 is 0. The highest BCUT2D eigenvalue weighted by atomic mass is 32.2. The molecule has 0 spiro atoms. The molecule has 2 aliphatic heterocycles. The van der Waals surface area contributed by atoms with Crippen molar-refractivity contribution in [1.29, 1.82) is 0 Å². The summed E-state index contributed by atoms with van der Waals surface area (Å²) in [5.41, 5.74) is 0.173. The molecule has 2 saturated heterocycles. The van der Waals surface area contributed by atoms with Crippen molar-refractivity contribution < 1.29 is 23.2 Å². The second-order valence-electron chi connectivity index (χ2n) is 6.56. The first-order valence-corrected chi connectivity index (χ1v) is 10.1. The summed E-state index contributed by atoms with van der Waals surface area (Å²) in [4.78, 5) is 12.8. The van der Waals surface area contributed by atoms with Crippen molar-refractivity contribution in [1.82, 2.24) is 4.31 Å². The Morgan fingerprint density at radius 2 is 2.00 bits per heavy atom. The lowest BCUT2D eigenvalue weighted by atomic mass is 9.98. The van der Waals surface area contributed by atoms with Gasteiger partial charge in [0.25, 0.3) is 5.69 Å². The molecule has 1 aromatic carbocycles. The quantitative estimate of drug-likeness (QED) is 0.590. The molecular weight excluding hydrogens is 362 g/mol. The van der Waals surface area contributed by atoms with E-state index in [-0.39, 0.29) is 36.2 Å². The minimum atomic E-state index is -3.79. The molecule has 2 heterocycles. The van der Waals surface area contributed by atoms with Crippen LogP contribution in [-0.4, -0.2) is 68.8 Å². The van der Waals surface area contributed by atoms with Crippen molar-refractivity contribution >= 4 is 21.4 Å². The standard InChI is InChI=1S/C16H23N3O6S/c20-12-13-2-1-5-17(11-13)15-4-3-14(10-16(15)19(21)22)26(23,24)18-6-8-25-9-7-18/h3-4,10,13,20H,1-2,5-9,11-12H2/t13-/m1/s1. The summed E-state index contributed by atoms with van der Waals surface area (Å²) in [5.74, 6) is 0.0695. The van der Waals surface area contributed by atoms with Crippen LogP contribution < -0.4 is 4.90 Å².